The first-order chi connectivity index (χ1) is 8.83. The topological polar surface area (TPSA) is 34.0 Å². The van der Waals surface area contributed by atoms with Crippen LogP contribution in [-0.2, 0) is 6.54 Å². The molecule has 1 heterocycles. The van der Waals surface area contributed by atoms with Crippen LogP contribution in [-0.4, -0.2) is 17.7 Å². The SMILES string of the molecule is CCNCCCCn1c(=O)ccc2ccccc21. The fraction of sp³-hybridized carbons (Fsp3) is 0.400. The maximum absolute atomic E-state index is 11.9. The minimum atomic E-state index is 0.0946. The predicted molar refractivity (Wildman–Crippen MR) is 76.0 cm³/mol. The van der Waals surface area contributed by atoms with Crippen LogP contribution in [0.25, 0.3) is 10.9 Å². The number of aryl methyl sites for hydroxylation is 1. The lowest BCUT2D eigenvalue weighted by molar-refractivity contribution is 0.577. The van der Waals surface area contributed by atoms with Gasteiger partial charge >= 0.3 is 0 Å². The minimum absolute atomic E-state index is 0.0946. The number of benzene rings is 1. The number of hydrogen-bond donors (Lipinski definition) is 1. The third-order valence-corrected chi connectivity index (χ3v) is 3.13. The van der Waals surface area contributed by atoms with Gasteiger partial charge in [0.25, 0.3) is 5.56 Å². The van der Waals surface area contributed by atoms with Crippen molar-refractivity contribution in [3.63, 3.8) is 0 Å². The van der Waals surface area contributed by atoms with Gasteiger partial charge in [-0.1, -0.05) is 25.1 Å². The molecular weight excluding hydrogens is 224 g/mol. The van der Waals surface area contributed by atoms with Crippen LogP contribution < -0.4 is 10.9 Å². The summed E-state index contributed by atoms with van der Waals surface area (Å²) in [5.74, 6) is 0. The van der Waals surface area contributed by atoms with Crippen molar-refractivity contribution in [3.8, 4) is 0 Å². The smallest absolute Gasteiger partial charge is 0.251 e. The molecular formula is C15H20N2O. The monoisotopic (exact) mass is 244 g/mol. The normalized spacial score (nSPS) is 10.9. The summed E-state index contributed by atoms with van der Waals surface area (Å²) in [7, 11) is 0. The number of hydrogen-bond acceptors (Lipinski definition) is 2. The zero-order valence-corrected chi connectivity index (χ0v) is 10.9. The Morgan fingerprint density at radius 3 is 2.78 bits per heavy atom. The molecule has 0 atom stereocenters. The number of para-hydroxylation sites is 1. The molecule has 0 aliphatic rings. The molecule has 0 amide bonds. The summed E-state index contributed by atoms with van der Waals surface area (Å²) in [4.78, 5) is 11.9. The van der Waals surface area contributed by atoms with Gasteiger partial charge in [0.05, 0.1) is 5.52 Å². The zero-order valence-electron chi connectivity index (χ0n) is 10.9. The van der Waals surface area contributed by atoms with E-state index in [-0.39, 0.29) is 5.56 Å². The lowest BCUT2D eigenvalue weighted by Crippen LogP contribution is -2.20. The molecule has 0 unspecified atom stereocenters. The van der Waals surface area contributed by atoms with E-state index in [1.165, 1.54) is 0 Å². The summed E-state index contributed by atoms with van der Waals surface area (Å²) in [5, 5.41) is 4.43. The van der Waals surface area contributed by atoms with Crippen LogP contribution in [0.1, 0.15) is 19.8 Å². The van der Waals surface area contributed by atoms with Gasteiger partial charge in [-0.05, 0) is 43.5 Å². The summed E-state index contributed by atoms with van der Waals surface area (Å²) >= 11 is 0. The molecule has 0 spiro atoms. The lowest BCUT2D eigenvalue weighted by atomic mass is 10.2. The van der Waals surface area contributed by atoms with E-state index in [9.17, 15) is 4.79 Å². The summed E-state index contributed by atoms with van der Waals surface area (Å²) in [6, 6.07) is 11.6. The van der Waals surface area contributed by atoms with Crippen molar-refractivity contribution in [2.24, 2.45) is 0 Å². The average Bonchev–Trinajstić information content (AvgIpc) is 2.41. The van der Waals surface area contributed by atoms with E-state index >= 15 is 0 Å². The molecule has 1 N–H and O–H groups in total. The first kappa shape index (κ1) is 12.8. The largest absolute Gasteiger partial charge is 0.317 e. The molecule has 3 heteroatoms. The standard InChI is InChI=1S/C15H20N2O/c1-2-16-11-5-6-12-17-14-8-4-3-7-13(14)9-10-15(17)18/h3-4,7-10,16H,2,5-6,11-12H2,1H3. The van der Waals surface area contributed by atoms with Crippen molar-refractivity contribution in [3.05, 3.63) is 46.8 Å². The molecule has 1 aromatic heterocycles. The van der Waals surface area contributed by atoms with Gasteiger partial charge in [-0.15, -0.1) is 0 Å². The molecule has 0 saturated carbocycles. The number of nitrogens with zero attached hydrogens (tertiary/aromatic N) is 1. The van der Waals surface area contributed by atoms with Crippen molar-refractivity contribution < 1.29 is 0 Å². The second-order valence-electron chi connectivity index (χ2n) is 4.44. The van der Waals surface area contributed by atoms with Gasteiger partial charge in [0.2, 0.25) is 0 Å². The van der Waals surface area contributed by atoms with Crippen LogP contribution in [0, 0.1) is 0 Å². The average molecular weight is 244 g/mol. The van der Waals surface area contributed by atoms with Crippen molar-refractivity contribution in [1.82, 2.24) is 9.88 Å². The Balaban J connectivity index is 2.12. The quantitative estimate of drug-likeness (QED) is 0.792. The highest BCUT2D eigenvalue weighted by Crippen LogP contribution is 2.11. The summed E-state index contributed by atoms with van der Waals surface area (Å²) in [5.41, 5.74) is 1.13. The molecule has 0 fully saturated rings. The number of nitrogens with one attached hydrogen (secondary N) is 1. The van der Waals surface area contributed by atoms with Gasteiger partial charge in [0, 0.05) is 12.6 Å². The number of fused-ring (bicyclic) bond motifs is 1. The van der Waals surface area contributed by atoms with Gasteiger partial charge in [-0.2, -0.15) is 0 Å². The molecule has 2 rings (SSSR count). The third kappa shape index (κ3) is 2.99. The van der Waals surface area contributed by atoms with E-state index in [1.807, 2.05) is 34.9 Å². The Kier molecular flexibility index (Phi) is 4.53. The molecule has 0 radical (unpaired) electrons. The van der Waals surface area contributed by atoms with Gasteiger partial charge in [0.15, 0.2) is 0 Å². The fourth-order valence-corrected chi connectivity index (χ4v) is 2.17. The Bertz CT molecular complexity index is 560. The maximum Gasteiger partial charge on any atom is 0.251 e. The molecule has 0 aliphatic heterocycles. The highest BCUT2D eigenvalue weighted by atomic mass is 16.1. The Morgan fingerprint density at radius 2 is 1.94 bits per heavy atom. The first-order valence-corrected chi connectivity index (χ1v) is 6.62. The van der Waals surface area contributed by atoms with E-state index in [0.717, 1.165) is 43.4 Å². The second kappa shape index (κ2) is 6.36. The van der Waals surface area contributed by atoms with E-state index in [1.54, 1.807) is 6.07 Å². The Labute approximate surface area is 107 Å². The third-order valence-electron chi connectivity index (χ3n) is 3.13. The van der Waals surface area contributed by atoms with Crippen LogP contribution >= 0.6 is 0 Å². The first-order valence-electron chi connectivity index (χ1n) is 6.62. The summed E-state index contributed by atoms with van der Waals surface area (Å²) in [6.07, 6.45) is 2.13. The van der Waals surface area contributed by atoms with E-state index in [4.69, 9.17) is 0 Å². The highest BCUT2D eigenvalue weighted by molar-refractivity contribution is 5.78. The molecule has 0 bridgehead atoms. The second-order valence-corrected chi connectivity index (χ2v) is 4.44. The van der Waals surface area contributed by atoms with Gasteiger partial charge in [-0.25, -0.2) is 0 Å². The zero-order chi connectivity index (χ0) is 12.8. The van der Waals surface area contributed by atoms with Gasteiger partial charge in [0.1, 0.15) is 0 Å². The van der Waals surface area contributed by atoms with E-state index in [0.29, 0.717) is 0 Å². The lowest BCUT2D eigenvalue weighted by Gasteiger charge is -2.09. The van der Waals surface area contributed by atoms with Crippen molar-refractivity contribution in [1.29, 1.82) is 0 Å². The Morgan fingerprint density at radius 1 is 1.11 bits per heavy atom. The van der Waals surface area contributed by atoms with Gasteiger partial charge in [-0.3, -0.25) is 4.79 Å². The number of aromatic nitrogens is 1. The number of pyridine rings is 1. The van der Waals surface area contributed by atoms with Crippen LogP contribution in [0.3, 0.4) is 0 Å². The highest BCUT2D eigenvalue weighted by Gasteiger charge is 2.01. The molecule has 0 saturated heterocycles. The maximum atomic E-state index is 11.9. The van der Waals surface area contributed by atoms with Crippen LogP contribution in [0.5, 0.6) is 0 Å². The molecule has 18 heavy (non-hydrogen) atoms. The molecule has 3 nitrogen and oxygen atoms in total. The Hall–Kier alpha value is -1.61. The van der Waals surface area contributed by atoms with Crippen LogP contribution in [0.15, 0.2) is 41.2 Å². The van der Waals surface area contributed by atoms with Crippen LogP contribution in [0.2, 0.25) is 0 Å². The van der Waals surface area contributed by atoms with E-state index in [2.05, 4.69) is 12.2 Å². The van der Waals surface area contributed by atoms with Crippen LogP contribution in [0.4, 0.5) is 0 Å². The number of rotatable bonds is 6. The summed E-state index contributed by atoms with van der Waals surface area (Å²) in [6.45, 7) is 4.94. The van der Waals surface area contributed by atoms with Gasteiger partial charge < -0.3 is 9.88 Å². The summed E-state index contributed by atoms with van der Waals surface area (Å²) < 4.78 is 1.88. The molecule has 1 aromatic carbocycles. The predicted octanol–water partition coefficient (Wildman–Crippen LogP) is 2.39. The molecule has 96 valence electrons. The van der Waals surface area contributed by atoms with Crippen molar-refractivity contribution >= 4 is 10.9 Å². The van der Waals surface area contributed by atoms with Crippen molar-refractivity contribution in [2.75, 3.05) is 13.1 Å². The minimum Gasteiger partial charge on any atom is -0.317 e. The molecule has 2 aromatic rings. The van der Waals surface area contributed by atoms with Crippen molar-refractivity contribution in [2.45, 2.75) is 26.3 Å². The number of unbranched alkanes of at least 4 members (excludes halogenated alkanes) is 1. The molecule has 0 aliphatic carbocycles. The fourth-order valence-electron chi connectivity index (χ4n) is 2.17. The van der Waals surface area contributed by atoms with E-state index < -0.39 is 0 Å².